The zero-order chi connectivity index (χ0) is 13.6. The second-order valence-corrected chi connectivity index (χ2v) is 6.32. The molecular formula is C12H18BBrN2O2. The maximum atomic E-state index is 5.99. The molecule has 2 heterocycles. The largest absolute Gasteiger partial charge is 0.494 e. The monoisotopic (exact) mass is 312 g/mol. The van der Waals surface area contributed by atoms with Crippen molar-refractivity contribution in [1.82, 2.24) is 4.98 Å². The van der Waals surface area contributed by atoms with Crippen LogP contribution in [0.2, 0.25) is 0 Å². The van der Waals surface area contributed by atoms with Gasteiger partial charge in [-0.1, -0.05) is 0 Å². The molecule has 0 aliphatic carbocycles. The van der Waals surface area contributed by atoms with E-state index in [9.17, 15) is 0 Å². The summed E-state index contributed by atoms with van der Waals surface area (Å²) in [6.07, 6.45) is 0. The van der Waals surface area contributed by atoms with E-state index in [1.165, 1.54) is 0 Å². The summed E-state index contributed by atoms with van der Waals surface area (Å²) in [6, 6.07) is 3.83. The predicted molar refractivity (Wildman–Crippen MR) is 75.5 cm³/mol. The standard InChI is InChI=1S/C12H18BBrN2O2/c1-11(2)12(3,4)18-13(17-11)8-5-9(7-15)16-10(14)6-8/h5-6H,7,15H2,1-4H3. The van der Waals surface area contributed by atoms with Gasteiger partial charge >= 0.3 is 7.12 Å². The summed E-state index contributed by atoms with van der Waals surface area (Å²) in [5, 5.41) is 0. The second kappa shape index (κ2) is 4.60. The smallest absolute Gasteiger partial charge is 0.399 e. The van der Waals surface area contributed by atoms with Crippen LogP contribution in [-0.2, 0) is 15.9 Å². The molecule has 1 saturated heterocycles. The zero-order valence-electron chi connectivity index (χ0n) is 11.2. The Hall–Kier alpha value is -0.425. The van der Waals surface area contributed by atoms with Gasteiger partial charge in [-0.3, -0.25) is 0 Å². The molecule has 0 radical (unpaired) electrons. The van der Waals surface area contributed by atoms with Gasteiger partial charge in [0, 0.05) is 6.54 Å². The van der Waals surface area contributed by atoms with Gasteiger partial charge in [0.2, 0.25) is 0 Å². The third kappa shape index (κ3) is 2.47. The molecule has 4 nitrogen and oxygen atoms in total. The van der Waals surface area contributed by atoms with E-state index in [1.807, 2.05) is 39.8 Å². The lowest BCUT2D eigenvalue weighted by atomic mass is 9.79. The molecule has 0 bridgehead atoms. The van der Waals surface area contributed by atoms with E-state index in [0.29, 0.717) is 6.54 Å². The first-order valence-electron chi connectivity index (χ1n) is 5.97. The minimum Gasteiger partial charge on any atom is -0.399 e. The number of pyridine rings is 1. The van der Waals surface area contributed by atoms with Gasteiger partial charge in [-0.2, -0.15) is 0 Å². The molecule has 1 fully saturated rings. The average Bonchev–Trinajstić information content (AvgIpc) is 2.47. The minimum absolute atomic E-state index is 0.337. The lowest BCUT2D eigenvalue weighted by Crippen LogP contribution is -2.41. The summed E-state index contributed by atoms with van der Waals surface area (Å²) >= 11 is 3.38. The Balaban J connectivity index is 2.32. The number of hydrogen-bond donors (Lipinski definition) is 1. The van der Waals surface area contributed by atoms with E-state index < -0.39 is 0 Å². The van der Waals surface area contributed by atoms with Crippen molar-refractivity contribution in [3.05, 3.63) is 22.4 Å². The highest BCUT2D eigenvalue weighted by molar-refractivity contribution is 9.10. The van der Waals surface area contributed by atoms with Crippen molar-refractivity contribution < 1.29 is 9.31 Å². The Bertz CT molecular complexity index is 449. The van der Waals surface area contributed by atoms with Crippen molar-refractivity contribution in [2.75, 3.05) is 0 Å². The average molecular weight is 313 g/mol. The second-order valence-electron chi connectivity index (χ2n) is 5.51. The molecule has 1 aromatic heterocycles. The summed E-state index contributed by atoms with van der Waals surface area (Å²) in [4.78, 5) is 4.28. The molecule has 0 amide bonds. The van der Waals surface area contributed by atoms with Gasteiger partial charge in [-0.05, 0) is 61.2 Å². The van der Waals surface area contributed by atoms with Crippen LogP contribution < -0.4 is 11.2 Å². The SMILES string of the molecule is CC1(C)OB(c2cc(Br)nc(CN)c2)OC1(C)C. The quantitative estimate of drug-likeness (QED) is 0.666. The fourth-order valence-electron chi connectivity index (χ4n) is 1.79. The Morgan fingerprint density at radius 3 is 2.28 bits per heavy atom. The van der Waals surface area contributed by atoms with E-state index >= 15 is 0 Å². The van der Waals surface area contributed by atoms with Gasteiger partial charge in [0.15, 0.2) is 0 Å². The molecule has 0 unspecified atom stereocenters. The van der Waals surface area contributed by atoms with Crippen molar-refractivity contribution >= 4 is 28.5 Å². The first-order valence-corrected chi connectivity index (χ1v) is 6.76. The van der Waals surface area contributed by atoms with Gasteiger partial charge in [-0.25, -0.2) is 4.98 Å². The van der Waals surface area contributed by atoms with E-state index in [1.54, 1.807) is 0 Å². The van der Waals surface area contributed by atoms with Crippen LogP contribution in [0.25, 0.3) is 0 Å². The highest BCUT2D eigenvalue weighted by atomic mass is 79.9. The van der Waals surface area contributed by atoms with Crippen LogP contribution in [0.3, 0.4) is 0 Å². The normalized spacial score (nSPS) is 21.3. The van der Waals surface area contributed by atoms with Crippen LogP contribution in [-0.4, -0.2) is 23.3 Å². The van der Waals surface area contributed by atoms with Crippen molar-refractivity contribution in [3.63, 3.8) is 0 Å². The molecule has 1 aromatic rings. The van der Waals surface area contributed by atoms with E-state index in [0.717, 1.165) is 15.8 Å². The molecule has 6 heteroatoms. The third-order valence-corrected chi connectivity index (χ3v) is 4.01. The van der Waals surface area contributed by atoms with E-state index in [-0.39, 0.29) is 18.3 Å². The molecule has 2 rings (SSSR count). The van der Waals surface area contributed by atoms with Crippen LogP contribution in [0.5, 0.6) is 0 Å². The molecule has 0 spiro atoms. The molecule has 0 saturated carbocycles. The number of nitrogens with zero attached hydrogens (tertiary/aromatic N) is 1. The van der Waals surface area contributed by atoms with Crippen molar-refractivity contribution in [1.29, 1.82) is 0 Å². The molecule has 1 aliphatic rings. The number of rotatable bonds is 2. The van der Waals surface area contributed by atoms with Crippen LogP contribution in [0.15, 0.2) is 16.7 Å². The maximum Gasteiger partial charge on any atom is 0.494 e. The van der Waals surface area contributed by atoms with Gasteiger partial charge in [0.1, 0.15) is 4.60 Å². The molecule has 2 N–H and O–H groups in total. The highest BCUT2D eigenvalue weighted by Crippen LogP contribution is 2.36. The lowest BCUT2D eigenvalue weighted by molar-refractivity contribution is 0.00578. The summed E-state index contributed by atoms with van der Waals surface area (Å²) in [7, 11) is -0.375. The van der Waals surface area contributed by atoms with Gasteiger partial charge < -0.3 is 15.0 Å². The number of aromatic nitrogens is 1. The van der Waals surface area contributed by atoms with Crippen molar-refractivity contribution in [2.45, 2.75) is 45.4 Å². The highest BCUT2D eigenvalue weighted by Gasteiger charge is 2.51. The molecule has 1 aliphatic heterocycles. The van der Waals surface area contributed by atoms with Crippen molar-refractivity contribution in [3.8, 4) is 0 Å². The lowest BCUT2D eigenvalue weighted by Gasteiger charge is -2.32. The Morgan fingerprint density at radius 1 is 1.22 bits per heavy atom. The van der Waals surface area contributed by atoms with Gasteiger partial charge in [-0.15, -0.1) is 0 Å². The summed E-state index contributed by atoms with van der Waals surface area (Å²) in [5.41, 5.74) is 6.71. The first-order chi connectivity index (χ1) is 8.25. The van der Waals surface area contributed by atoms with Crippen LogP contribution in [0, 0.1) is 0 Å². The van der Waals surface area contributed by atoms with E-state index in [2.05, 4.69) is 20.9 Å². The molecule has 0 aromatic carbocycles. The summed E-state index contributed by atoms with van der Waals surface area (Å²) in [6.45, 7) is 8.53. The molecule has 0 atom stereocenters. The third-order valence-electron chi connectivity index (χ3n) is 3.60. The fourth-order valence-corrected chi connectivity index (χ4v) is 2.29. The van der Waals surface area contributed by atoms with Gasteiger partial charge in [0.05, 0.1) is 16.9 Å². The molecular weight excluding hydrogens is 295 g/mol. The van der Waals surface area contributed by atoms with Crippen LogP contribution in [0.1, 0.15) is 33.4 Å². The molecule has 98 valence electrons. The number of halogens is 1. The maximum absolute atomic E-state index is 5.99. The van der Waals surface area contributed by atoms with E-state index in [4.69, 9.17) is 15.0 Å². The predicted octanol–water partition coefficient (Wildman–Crippen LogP) is 1.60. The van der Waals surface area contributed by atoms with Crippen LogP contribution in [0.4, 0.5) is 0 Å². The topological polar surface area (TPSA) is 57.4 Å². The summed E-state index contributed by atoms with van der Waals surface area (Å²) < 4.78 is 12.7. The fraction of sp³-hybridized carbons (Fsp3) is 0.583. The minimum atomic E-state index is -0.375. The number of nitrogens with two attached hydrogens (primary N) is 1. The van der Waals surface area contributed by atoms with Crippen LogP contribution >= 0.6 is 15.9 Å². The van der Waals surface area contributed by atoms with Crippen molar-refractivity contribution in [2.24, 2.45) is 5.73 Å². The number of hydrogen-bond acceptors (Lipinski definition) is 4. The first kappa shape index (κ1) is 14.0. The van der Waals surface area contributed by atoms with Gasteiger partial charge in [0.25, 0.3) is 0 Å². The summed E-state index contributed by atoms with van der Waals surface area (Å²) in [5.74, 6) is 0. The Labute approximate surface area is 117 Å². The Kier molecular flexibility index (Phi) is 3.57. The Morgan fingerprint density at radius 2 is 1.78 bits per heavy atom. The molecule has 18 heavy (non-hydrogen) atoms. The zero-order valence-corrected chi connectivity index (χ0v) is 12.7.